The molecule has 128 valence electrons. The highest BCUT2D eigenvalue weighted by Gasteiger charge is 2.46. The van der Waals surface area contributed by atoms with Crippen molar-refractivity contribution in [3.63, 3.8) is 0 Å². The number of carbonyl (C=O) groups is 3. The Bertz CT molecular complexity index is 525. The first-order valence-electron chi connectivity index (χ1n) is 7.73. The summed E-state index contributed by atoms with van der Waals surface area (Å²) in [6, 6.07) is -1.16. The fourth-order valence-electron chi connectivity index (χ4n) is 3.17. The Morgan fingerprint density at radius 3 is 2.22 bits per heavy atom. The minimum atomic E-state index is -4.60. The van der Waals surface area contributed by atoms with Gasteiger partial charge in [0.05, 0.1) is 0 Å². The lowest BCUT2D eigenvalue weighted by Gasteiger charge is -2.36. The Morgan fingerprint density at radius 1 is 1.09 bits per heavy atom. The van der Waals surface area contributed by atoms with Crippen LogP contribution in [0.5, 0.6) is 0 Å². The summed E-state index contributed by atoms with van der Waals surface area (Å²) in [6.45, 7) is -0.884. The van der Waals surface area contributed by atoms with Crippen molar-refractivity contribution in [1.29, 1.82) is 0 Å². The van der Waals surface area contributed by atoms with Gasteiger partial charge in [-0.05, 0) is 25.7 Å². The third-order valence-electron chi connectivity index (χ3n) is 4.56. The smallest absolute Gasteiger partial charge is 0.342 e. The Kier molecular flexibility index (Phi) is 3.97. The first-order valence-corrected chi connectivity index (χ1v) is 7.73. The second-order valence-corrected chi connectivity index (χ2v) is 6.34. The Morgan fingerprint density at radius 2 is 1.70 bits per heavy atom. The molecule has 0 unspecified atom stereocenters. The lowest BCUT2D eigenvalue weighted by Crippen LogP contribution is -2.48. The molecule has 0 spiro atoms. The zero-order valence-corrected chi connectivity index (χ0v) is 12.5. The van der Waals surface area contributed by atoms with Crippen LogP contribution in [0.15, 0.2) is 0 Å². The van der Waals surface area contributed by atoms with Crippen LogP contribution in [-0.2, 0) is 9.59 Å². The molecular weight excluding hydrogens is 315 g/mol. The molecular formula is C14H18F3N3O3. The number of carbonyl (C=O) groups excluding carboxylic acids is 3. The molecule has 0 aromatic carbocycles. The molecule has 0 atom stereocenters. The number of alkyl halides is 3. The average Bonchev–Trinajstić information content (AvgIpc) is 3.29. The van der Waals surface area contributed by atoms with Crippen LogP contribution in [0.25, 0.3) is 0 Å². The maximum Gasteiger partial charge on any atom is 0.406 e. The lowest BCUT2D eigenvalue weighted by molar-refractivity contribution is -0.151. The molecule has 3 rings (SSSR count). The van der Waals surface area contributed by atoms with Crippen LogP contribution in [0.1, 0.15) is 25.7 Å². The molecule has 23 heavy (non-hydrogen) atoms. The van der Waals surface area contributed by atoms with E-state index in [0.29, 0.717) is 25.9 Å². The first-order chi connectivity index (χ1) is 10.8. The van der Waals surface area contributed by atoms with E-state index in [0.717, 1.165) is 12.8 Å². The molecule has 2 aliphatic heterocycles. The van der Waals surface area contributed by atoms with E-state index < -0.39 is 24.7 Å². The minimum absolute atomic E-state index is 0.129. The van der Waals surface area contributed by atoms with Gasteiger partial charge in [0, 0.05) is 25.0 Å². The first kappa shape index (κ1) is 16.1. The maximum absolute atomic E-state index is 12.4. The lowest BCUT2D eigenvalue weighted by atomic mass is 10.0. The van der Waals surface area contributed by atoms with E-state index >= 15 is 0 Å². The predicted octanol–water partition coefficient (Wildman–Crippen LogP) is 1.21. The molecule has 2 saturated heterocycles. The van der Waals surface area contributed by atoms with Gasteiger partial charge in [-0.2, -0.15) is 13.2 Å². The third kappa shape index (κ3) is 3.42. The van der Waals surface area contributed by atoms with Crippen molar-refractivity contribution in [2.45, 2.75) is 37.9 Å². The Hall–Kier alpha value is -1.80. The number of urea groups is 1. The van der Waals surface area contributed by atoms with Crippen LogP contribution < -0.4 is 0 Å². The quantitative estimate of drug-likeness (QED) is 0.730. The number of likely N-dealkylation sites (tertiary alicyclic amines) is 1. The zero-order chi connectivity index (χ0) is 16.8. The van der Waals surface area contributed by atoms with E-state index in [1.165, 1.54) is 4.90 Å². The number of rotatable bonds is 3. The summed E-state index contributed by atoms with van der Waals surface area (Å²) in [4.78, 5) is 39.0. The summed E-state index contributed by atoms with van der Waals surface area (Å²) < 4.78 is 37.3. The molecule has 0 N–H and O–H groups in total. The molecule has 6 nitrogen and oxygen atoms in total. The summed E-state index contributed by atoms with van der Waals surface area (Å²) in [6.07, 6.45) is -1.76. The summed E-state index contributed by atoms with van der Waals surface area (Å²) in [5.41, 5.74) is 0. The van der Waals surface area contributed by atoms with Crippen molar-refractivity contribution < 1.29 is 27.6 Å². The van der Waals surface area contributed by atoms with Gasteiger partial charge in [-0.25, -0.2) is 4.79 Å². The number of imide groups is 1. The van der Waals surface area contributed by atoms with Crippen LogP contribution in [-0.4, -0.2) is 70.9 Å². The molecule has 0 radical (unpaired) electrons. The fourth-order valence-corrected chi connectivity index (χ4v) is 3.17. The van der Waals surface area contributed by atoms with Gasteiger partial charge in [0.25, 0.3) is 5.91 Å². The van der Waals surface area contributed by atoms with Crippen LogP contribution in [0.4, 0.5) is 18.0 Å². The van der Waals surface area contributed by atoms with Crippen molar-refractivity contribution >= 4 is 17.8 Å². The average molecular weight is 333 g/mol. The highest BCUT2D eigenvalue weighted by atomic mass is 19.4. The van der Waals surface area contributed by atoms with E-state index in [9.17, 15) is 27.6 Å². The van der Waals surface area contributed by atoms with Gasteiger partial charge in [-0.3, -0.25) is 14.5 Å². The van der Waals surface area contributed by atoms with Crippen LogP contribution in [0.3, 0.4) is 0 Å². The van der Waals surface area contributed by atoms with Crippen LogP contribution in [0.2, 0.25) is 0 Å². The summed E-state index contributed by atoms with van der Waals surface area (Å²) in [5, 5.41) is 0. The second kappa shape index (κ2) is 5.68. The number of piperidine rings is 1. The van der Waals surface area contributed by atoms with Crippen LogP contribution >= 0.6 is 0 Å². The van der Waals surface area contributed by atoms with E-state index in [4.69, 9.17) is 0 Å². The van der Waals surface area contributed by atoms with Crippen molar-refractivity contribution in [3.8, 4) is 0 Å². The van der Waals surface area contributed by atoms with Crippen molar-refractivity contribution in [2.75, 3.05) is 26.2 Å². The highest BCUT2D eigenvalue weighted by molar-refractivity contribution is 6.02. The van der Waals surface area contributed by atoms with Crippen LogP contribution in [0, 0.1) is 5.92 Å². The second-order valence-electron chi connectivity index (χ2n) is 6.34. The van der Waals surface area contributed by atoms with Gasteiger partial charge in [-0.15, -0.1) is 0 Å². The number of amides is 4. The fraction of sp³-hybridized carbons (Fsp3) is 0.786. The zero-order valence-electron chi connectivity index (χ0n) is 12.5. The van der Waals surface area contributed by atoms with E-state index in [1.54, 1.807) is 4.90 Å². The topological polar surface area (TPSA) is 60.9 Å². The Balaban J connectivity index is 1.57. The number of nitrogens with zero attached hydrogens (tertiary/aromatic N) is 3. The molecule has 4 amide bonds. The maximum atomic E-state index is 12.4. The molecule has 1 saturated carbocycles. The van der Waals surface area contributed by atoms with E-state index in [-0.39, 0.29) is 29.3 Å². The van der Waals surface area contributed by atoms with Crippen molar-refractivity contribution in [2.24, 2.45) is 5.92 Å². The van der Waals surface area contributed by atoms with E-state index in [1.807, 2.05) is 0 Å². The van der Waals surface area contributed by atoms with Gasteiger partial charge in [0.15, 0.2) is 0 Å². The van der Waals surface area contributed by atoms with Gasteiger partial charge in [0.1, 0.15) is 13.1 Å². The summed E-state index contributed by atoms with van der Waals surface area (Å²) in [7, 11) is 0. The molecule has 3 fully saturated rings. The summed E-state index contributed by atoms with van der Waals surface area (Å²) >= 11 is 0. The predicted molar refractivity (Wildman–Crippen MR) is 72.2 cm³/mol. The largest absolute Gasteiger partial charge is 0.406 e. The molecule has 0 bridgehead atoms. The third-order valence-corrected chi connectivity index (χ3v) is 4.56. The van der Waals surface area contributed by atoms with Gasteiger partial charge in [0.2, 0.25) is 5.91 Å². The SMILES string of the molecule is O=C(C1CC1)N1CCC(N2CC(=O)N(CC(F)(F)F)C2=O)CC1. The molecule has 2 heterocycles. The molecule has 0 aromatic rings. The van der Waals surface area contributed by atoms with Gasteiger partial charge >= 0.3 is 12.2 Å². The van der Waals surface area contributed by atoms with E-state index in [2.05, 4.69) is 0 Å². The number of hydrogen-bond acceptors (Lipinski definition) is 3. The number of hydrogen-bond donors (Lipinski definition) is 0. The Labute approximate surface area is 131 Å². The number of halogens is 3. The van der Waals surface area contributed by atoms with Crippen molar-refractivity contribution in [1.82, 2.24) is 14.7 Å². The molecule has 9 heteroatoms. The minimum Gasteiger partial charge on any atom is -0.342 e. The normalized spacial score (nSPS) is 23.9. The molecule has 0 aromatic heterocycles. The standard InChI is InChI=1S/C14H18F3N3O3/c15-14(16,17)8-20-11(21)7-19(13(20)23)10-3-5-18(6-4-10)12(22)9-1-2-9/h9-10H,1-8H2. The molecule has 1 aliphatic carbocycles. The van der Waals surface area contributed by atoms with Crippen molar-refractivity contribution in [3.05, 3.63) is 0 Å². The summed E-state index contributed by atoms with van der Waals surface area (Å²) in [5.74, 6) is -0.557. The molecule has 3 aliphatic rings. The van der Waals surface area contributed by atoms with Gasteiger partial charge < -0.3 is 9.80 Å². The van der Waals surface area contributed by atoms with Gasteiger partial charge in [-0.1, -0.05) is 0 Å². The highest BCUT2D eigenvalue weighted by Crippen LogP contribution is 2.32. The monoisotopic (exact) mass is 333 g/mol.